The van der Waals surface area contributed by atoms with Crippen LogP contribution < -0.4 is 10.3 Å². The molecule has 0 bridgehead atoms. The van der Waals surface area contributed by atoms with E-state index in [4.69, 9.17) is 4.98 Å². The maximum absolute atomic E-state index is 12.8. The normalized spacial score (nSPS) is 14.1. The Balaban J connectivity index is 1.55. The minimum Gasteiger partial charge on any atom is -0.256 e. The van der Waals surface area contributed by atoms with Gasteiger partial charge in [-0.05, 0) is 38.0 Å². The standard InChI is InChI=1S/C23H18F3N5/c1-13-20(16-7-4-14-3-2-10-27-18(14)11-16)30-22(15-5-6-15)31-21(13)29-19-9-8-17(12-28-19)23(24,25)26/h2-4,7-12,15H,5-6H2,1H3,(H,28,29,30,31)/p+1. The first-order chi connectivity index (χ1) is 14.9. The highest BCUT2D eigenvalue weighted by Gasteiger charge is 2.32. The highest BCUT2D eigenvalue weighted by Crippen LogP contribution is 2.40. The minimum absolute atomic E-state index is 0.315. The Hall–Kier alpha value is -3.55. The number of nitrogens with zero attached hydrogens (tertiary/aromatic N) is 3. The van der Waals surface area contributed by atoms with Crippen molar-refractivity contribution in [3.05, 3.63) is 71.8 Å². The summed E-state index contributed by atoms with van der Waals surface area (Å²) in [5.74, 6) is 2.05. The van der Waals surface area contributed by atoms with E-state index in [9.17, 15) is 13.2 Å². The molecule has 2 N–H and O–H groups in total. The molecule has 0 radical (unpaired) electrons. The lowest BCUT2D eigenvalue weighted by Crippen LogP contribution is -2.16. The van der Waals surface area contributed by atoms with Crippen LogP contribution in [0.1, 0.15) is 35.7 Å². The molecule has 1 aromatic carbocycles. The molecule has 4 aromatic rings. The van der Waals surface area contributed by atoms with Gasteiger partial charge in [0.1, 0.15) is 12.0 Å². The topological polar surface area (TPSA) is 64.8 Å². The summed E-state index contributed by atoms with van der Waals surface area (Å²) in [6.07, 6.45) is 0.371. The van der Waals surface area contributed by atoms with Crippen molar-refractivity contribution in [3.63, 3.8) is 0 Å². The molecule has 5 rings (SSSR count). The fourth-order valence-corrected chi connectivity index (χ4v) is 3.48. The van der Waals surface area contributed by atoms with Crippen LogP contribution in [-0.4, -0.2) is 15.0 Å². The first kappa shape index (κ1) is 19.4. The van der Waals surface area contributed by atoms with E-state index in [1.807, 2.05) is 37.3 Å². The molecule has 3 heterocycles. The van der Waals surface area contributed by atoms with Gasteiger partial charge in [0.2, 0.25) is 5.82 Å². The number of halogens is 3. The Morgan fingerprint density at radius 3 is 2.61 bits per heavy atom. The van der Waals surface area contributed by atoms with Crippen molar-refractivity contribution in [1.82, 2.24) is 15.0 Å². The number of hydrogen-bond acceptors (Lipinski definition) is 4. The third-order valence-electron chi connectivity index (χ3n) is 5.38. The molecule has 1 aliphatic carbocycles. The van der Waals surface area contributed by atoms with Crippen LogP contribution >= 0.6 is 0 Å². The summed E-state index contributed by atoms with van der Waals surface area (Å²) in [6, 6.07) is 12.3. The number of anilines is 2. The first-order valence-electron chi connectivity index (χ1n) is 9.98. The molecule has 0 spiro atoms. The van der Waals surface area contributed by atoms with Crippen molar-refractivity contribution in [2.75, 3.05) is 5.32 Å². The maximum atomic E-state index is 12.8. The average molecular weight is 422 g/mol. The van der Waals surface area contributed by atoms with Crippen LogP contribution in [0.2, 0.25) is 0 Å². The lowest BCUT2D eigenvalue weighted by Gasteiger charge is -2.11. The second-order valence-electron chi connectivity index (χ2n) is 7.70. The smallest absolute Gasteiger partial charge is 0.256 e. The second-order valence-corrected chi connectivity index (χ2v) is 7.70. The van der Waals surface area contributed by atoms with Crippen molar-refractivity contribution in [2.45, 2.75) is 31.9 Å². The van der Waals surface area contributed by atoms with Crippen LogP contribution in [0.15, 0.2) is 54.9 Å². The van der Waals surface area contributed by atoms with Crippen LogP contribution in [0.4, 0.5) is 24.8 Å². The van der Waals surface area contributed by atoms with E-state index < -0.39 is 11.7 Å². The Morgan fingerprint density at radius 2 is 1.90 bits per heavy atom. The summed E-state index contributed by atoms with van der Waals surface area (Å²) < 4.78 is 38.5. The number of aromatic nitrogens is 4. The number of benzene rings is 1. The van der Waals surface area contributed by atoms with E-state index in [0.717, 1.165) is 58.7 Å². The summed E-state index contributed by atoms with van der Waals surface area (Å²) in [4.78, 5) is 16.6. The zero-order valence-electron chi connectivity index (χ0n) is 16.7. The quantitative estimate of drug-likeness (QED) is 0.475. The van der Waals surface area contributed by atoms with E-state index in [1.165, 1.54) is 6.07 Å². The summed E-state index contributed by atoms with van der Waals surface area (Å²) in [7, 11) is 0. The number of rotatable bonds is 4. The fourth-order valence-electron chi connectivity index (χ4n) is 3.48. The molecular formula is C23H19F3N5+. The lowest BCUT2D eigenvalue weighted by molar-refractivity contribution is -0.364. The van der Waals surface area contributed by atoms with Crippen molar-refractivity contribution < 1.29 is 18.2 Å². The predicted octanol–water partition coefficient (Wildman–Crippen LogP) is 5.45. The van der Waals surface area contributed by atoms with Crippen LogP contribution in [0.25, 0.3) is 22.2 Å². The van der Waals surface area contributed by atoms with E-state index in [2.05, 4.69) is 20.3 Å². The molecule has 1 aliphatic rings. The predicted molar refractivity (Wildman–Crippen MR) is 111 cm³/mol. The van der Waals surface area contributed by atoms with Gasteiger partial charge >= 0.3 is 6.18 Å². The average Bonchev–Trinajstić information content (AvgIpc) is 3.60. The maximum Gasteiger partial charge on any atom is 0.419 e. The van der Waals surface area contributed by atoms with Crippen molar-refractivity contribution in [3.8, 4) is 11.3 Å². The molecule has 0 saturated heterocycles. The second kappa shape index (κ2) is 7.30. The number of fused-ring (bicyclic) bond motifs is 1. The van der Waals surface area contributed by atoms with Gasteiger partial charge < -0.3 is 0 Å². The number of H-pyrrole nitrogens is 1. The number of nitrogens with one attached hydrogen (secondary N) is 2. The summed E-state index contributed by atoms with van der Waals surface area (Å²) in [5, 5.41) is 4.17. The van der Waals surface area contributed by atoms with E-state index in [1.54, 1.807) is 6.20 Å². The van der Waals surface area contributed by atoms with Gasteiger partial charge in [-0.15, -0.1) is 0 Å². The van der Waals surface area contributed by atoms with E-state index in [0.29, 0.717) is 17.6 Å². The molecule has 31 heavy (non-hydrogen) atoms. The highest BCUT2D eigenvalue weighted by molar-refractivity contribution is 5.84. The van der Waals surface area contributed by atoms with Gasteiger partial charge in [0.15, 0.2) is 0 Å². The zero-order valence-corrected chi connectivity index (χ0v) is 16.7. The van der Waals surface area contributed by atoms with Gasteiger partial charge in [-0.2, -0.15) is 18.2 Å². The van der Waals surface area contributed by atoms with Crippen LogP contribution in [0.5, 0.6) is 0 Å². The molecule has 8 heteroatoms. The summed E-state index contributed by atoms with van der Waals surface area (Å²) in [5.41, 5.74) is 2.66. The van der Waals surface area contributed by atoms with Gasteiger partial charge in [-0.1, -0.05) is 18.2 Å². The van der Waals surface area contributed by atoms with E-state index >= 15 is 0 Å². The SMILES string of the molecule is Cc1c(Nc2ccc(C(F)(F)F)c[nH+]2)nc(C2CC2)nc1-c1ccc2cccnc2c1. The monoisotopic (exact) mass is 422 g/mol. The minimum atomic E-state index is -4.39. The zero-order chi connectivity index (χ0) is 21.6. The third kappa shape index (κ3) is 3.93. The Labute approximate surface area is 176 Å². The van der Waals surface area contributed by atoms with Gasteiger partial charge in [0.05, 0.1) is 16.8 Å². The Bertz CT molecular complexity index is 1260. The molecule has 0 atom stereocenters. The van der Waals surface area contributed by atoms with Crippen molar-refractivity contribution in [1.29, 1.82) is 0 Å². The summed E-state index contributed by atoms with van der Waals surface area (Å²) in [6.45, 7) is 1.90. The van der Waals surface area contributed by atoms with Crippen molar-refractivity contribution >= 4 is 22.5 Å². The number of aromatic amines is 1. The molecule has 0 unspecified atom stereocenters. The Morgan fingerprint density at radius 1 is 1.06 bits per heavy atom. The largest absolute Gasteiger partial charge is 0.419 e. The molecular weight excluding hydrogens is 403 g/mol. The van der Waals surface area contributed by atoms with Crippen LogP contribution in [0, 0.1) is 6.92 Å². The molecule has 5 nitrogen and oxygen atoms in total. The first-order valence-corrected chi connectivity index (χ1v) is 9.98. The Kier molecular flexibility index (Phi) is 4.57. The van der Waals surface area contributed by atoms with Gasteiger partial charge in [0.25, 0.3) is 5.82 Å². The summed E-state index contributed by atoms with van der Waals surface area (Å²) >= 11 is 0. The molecule has 1 saturated carbocycles. The molecule has 3 aromatic heterocycles. The van der Waals surface area contributed by atoms with Gasteiger partial charge in [-0.25, -0.2) is 15.3 Å². The van der Waals surface area contributed by atoms with Gasteiger partial charge in [0, 0.05) is 34.7 Å². The van der Waals surface area contributed by atoms with Crippen LogP contribution in [0.3, 0.4) is 0 Å². The molecule has 156 valence electrons. The van der Waals surface area contributed by atoms with Crippen molar-refractivity contribution in [2.24, 2.45) is 0 Å². The van der Waals surface area contributed by atoms with Gasteiger partial charge in [-0.3, -0.25) is 4.98 Å². The third-order valence-corrected chi connectivity index (χ3v) is 5.38. The molecule has 0 amide bonds. The fraction of sp³-hybridized carbons (Fsp3) is 0.217. The number of pyridine rings is 2. The highest BCUT2D eigenvalue weighted by atomic mass is 19.4. The van der Waals surface area contributed by atoms with Crippen LogP contribution in [-0.2, 0) is 6.18 Å². The lowest BCUT2D eigenvalue weighted by atomic mass is 10.0. The molecule has 1 fully saturated rings. The molecule has 0 aliphatic heterocycles. The number of alkyl halides is 3. The number of hydrogen-bond donors (Lipinski definition) is 1. The van der Waals surface area contributed by atoms with E-state index in [-0.39, 0.29) is 0 Å².